The van der Waals surface area contributed by atoms with Gasteiger partial charge in [-0.1, -0.05) is 71.8 Å². The van der Waals surface area contributed by atoms with Crippen LogP contribution in [0.4, 0.5) is 0 Å². The van der Waals surface area contributed by atoms with E-state index < -0.39 is 10.0 Å². The minimum atomic E-state index is -3.60. The van der Waals surface area contributed by atoms with Crippen LogP contribution < -0.4 is 0 Å². The van der Waals surface area contributed by atoms with Gasteiger partial charge in [-0.15, -0.1) is 0 Å². The Morgan fingerprint density at radius 1 is 0.815 bits per heavy atom. The summed E-state index contributed by atoms with van der Waals surface area (Å²) in [6.45, 7) is 4.48. The van der Waals surface area contributed by atoms with E-state index in [0.717, 1.165) is 28.7 Å². The third-order valence-electron chi connectivity index (χ3n) is 5.26. The largest absolute Gasteiger partial charge is 0.243 e. The van der Waals surface area contributed by atoms with Crippen LogP contribution in [-0.4, -0.2) is 19.3 Å². The van der Waals surface area contributed by atoms with Gasteiger partial charge in [0.25, 0.3) is 0 Å². The fourth-order valence-electron chi connectivity index (χ4n) is 3.74. The molecule has 1 aliphatic rings. The Balaban J connectivity index is 1.86. The number of hydrogen-bond donors (Lipinski definition) is 0. The van der Waals surface area contributed by atoms with Gasteiger partial charge >= 0.3 is 0 Å². The van der Waals surface area contributed by atoms with E-state index in [1.54, 1.807) is 16.4 Å². The van der Waals surface area contributed by atoms with Gasteiger partial charge in [0.2, 0.25) is 10.0 Å². The molecule has 0 fully saturated rings. The number of fused-ring (bicyclic) bond motifs is 1. The van der Waals surface area contributed by atoms with Crippen molar-refractivity contribution in [1.82, 2.24) is 4.31 Å². The highest BCUT2D eigenvalue weighted by molar-refractivity contribution is 7.89. The van der Waals surface area contributed by atoms with E-state index in [0.29, 0.717) is 11.4 Å². The summed E-state index contributed by atoms with van der Waals surface area (Å²) >= 11 is 0. The predicted octanol–water partition coefficient (Wildman–Crippen LogP) is 4.64. The second-order valence-corrected chi connectivity index (χ2v) is 9.08. The molecule has 27 heavy (non-hydrogen) atoms. The van der Waals surface area contributed by atoms with Gasteiger partial charge < -0.3 is 0 Å². The van der Waals surface area contributed by atoms with Crippen LogP contribution in [0.25, 0.3) is 0 Å². The monoisotopic (exact) mass is 377 g/mol. The van der Waals surface area contributed by atoms with Crippen LogP contribution in [0.1, 0.15) is 33.9 Å². The van der Waals surface area contributed by atoms with Crippen LogP contribution in [0.5, 0.6) is 0 Å². The van der Waals surface area contributed by atoms with E-state index >= 15 is 0 Å². The molecular formula is C23H23NO2S. The molecule has 3 nitrogen and oxygen atoms in total. The molecule has 0 aromatic heterocycles. The summed E-state index contributed by atoms with van der Waals surface area (Å²) in [7, 11) is -3.60. The number of nitrogens with zero attached hydrogens (tertiary/aromatic N) is 1. The van der Waals surface area contributed by atoms with E-state index in [4.69, 9.17) is 0 Å². The topological polar surface area (TPSA) is 37.4 Å². The summed E-state index contributed by atoms with van der Waals surface area (Å²) in [6.07, 6.45) is 0.726. The van der Waals surface area contributed by atoms with Crippen molar-refractivity contribution in [3.8, 4) is 0 Å². The molecule has 0 saturated carbocycles. The Hall–Kier alpha value is -2.43. The first-order chi connectivity index (χ1) is 13.0. The highest BCUT2D eigenvalue weighted by atomic mass is 32.2. The van der Waals surface area contributed by atoms with Crippen molar-refractivity contribution in [3.63, 3.8) is 0 Å². The normalized spacial score (nSPS) is 17.5. The van der Waals surface area contributed by atoms with Crippen molar-refractivity contribution in [1.29, 1.82) is 0 Å². The van der Waals surface area contributed by atoms with E-state index in [9.17, 15) is 8.42 Å². The van der Waals surface area contributed by atoms with E-state index in [1.165, 1.54) is 5.56 Å². The Bertz CT molecular complexity index is 1050. The first-order valence-electron chi connectivity index (χ1n) is 9.20. The first-order valence-corrected chi connectivity index (χ1v) is 10.6. The van der Waals surface area contributed by atoms with Gasteiger partial charge in [0, 0.05) is 6.54 Å². The fraction of sp³-hybridized carbons (Fsp3) is 0.217. The lowest BCUT2D eigenvalue weighted by Crippen LogP contribution is -2.40. The van der Waals surface area contributed by atoms with E-state index in [1.807, 2.05) is 62.4 Å². The number of hydrogen-bond acceptors (Lipinski definition) is 2. The van der Waals surface area contributed by atoms with Crippen LogP contribution in [-0.2, 0) is 16.4 Å². The molecule has 138 valence electrons. The van der Waals surface area contributed by atoms with Gasteiger partial charge in [0.15, 0.2) is 0 Å². The lowest BCUT2D eigenvalue weighted by atomic mass is 9.89. The maximum absolute atomic E-state index is 13.5. The molecule has 0 saturated heterocycles. The molecule has 0 bridgehead atoms. The lowest BCUT2D eigenvalue weighted by molar-refractivity contribution is 0.344. The van der Waals surface area contributed by atoms with Gasteiger partial charge in [-0.3, -0.25) is 0 Å². The molecule has 3 aromatic carbocycles. The minimum Gasteiger partial charge on any atom is -0.207 e. The molecular weight excluding hydrogens is 354 g/mol. The third kappa shape index (κ3) is 3.31. The highest BCUT2D eigenvalue weighted by Crippen LogP contribution is 2.38. The van der Waals surface area contributed by atoms with Crippen LogP contribution in [0.15, 0.2) is 77.7 Å². The molecule has 0 radical (unpaired) electrons. The maximum atomic E-state index is 13.5. The zero-order chi connectivity index (χ0) is 19.0. The Morgan fingerprint density at radius 3 is 2.07 bits per heavy atom. The third-order valence-corrected chi connectivity index (χ3v) is 7.14. The molecule has 4 heteroatoms. The van der Waals surface area contributed by atoms with Crippen molar-refractivity contribution in [2.45, 2.75) is 31.2 Å². The first kappa shape index (κ1) is 18.0. The standard InChI is InChI=1S/C23H23NO2S/c1-17-7-11-20(12-8-17)23-22-6-4-3-5-19(22)15-16-24(23)27(25,26)21-13-9-18(2)10-14-21/h3-14,23H,15-16H2,1-2H3. The van der Waals surface area contributed by atoms with Crippen molar-refractivity contribution in [2.75, 3.05) is 6.54 Å². The van der Waals surface area contributed by atoms with Crippen LogP contribution >= 0.6 is 0 Å². The average Bonchev–Trinajstić information content (AvgIpc) is 2.68. The SMILES string of the molecule is Cc1ccc(C2c3ccccc3CCN2S(=O)(=O)c2ccc(C)cc2)cc1. The van der Waals surface area contributed by atoms with Crippen LogP contribution in [0.2, 0.25) is 0 Å². The van der Waals surface area contributed by atoms with Gasteiger partial charge in [-0.05, 0) is 49.1 Å². The Labute approximate surface area is 161 Å². The molecule has 4 rings (SSSR count). The summed E-state index contributed by atoms with van der Waals surface area (Å²) in [4.78, 5) is 0.351. The number of sulfonamides is 1. The van der Waals surface area contributed by atoms with Crippen molar-refractivity contribution < 1.29 is 8.42 Å². The Kier molecular flexibility index (Phi) is 4.62. The smallest absolute Gasteiger partial charge is 0.207 e. The maximum Gasteiger partial charge on any atom is 0.243 e. The minimum absolute atomic E-state index is 0.304. The number of benzene rings is 3. The number of rotatable bonds is 3. The van der Waals surface area contributed by atoms with E-state index in [2.05, 4.69) is 12.1 Å². The molecule has 0 spiro atoms. The van der Waals surface area contributed by atoms with Gasteiger partial charge in [-0.2, -0.15) is 4.31 Å². The zero-order valence-electron chi connectivity index (χ0n) is 15.6. The van der Waals surface area contributed by atoms with Crippen molar-refractivity contribution in [2.24, 2.45) is 0 Å². The van der Waals surface area contributed by atoms with Gasteiger partial charge in [-0.25, -0.2) is 8.42 Å². The molecule has 1 heterocycles. The fourth-order valence-corrected chi connectivity index (χ4v) is 5.34. The van der Waals surface area contributed by atoms with Crippen LogP contribution in [0, 0.1) is 13.8 Å². The van der Waals surface area contributed by atoms with Crippen molar-refractivity contribution in [3.05, 3.63) is 101 Å². The summed E-state index contributed by atoms with van der Waals surface area (Å²) in [5.41, 5.74) is 5.51. The second kappa shape index (κ2) is 6.95. The molecule has 0 N–H and O–H groups in total. The molecule has 0 amide bonds. The molecule has 1 unspecified atom stereocenters. The number of aryl methyl sites for hydroxylation is 2. The zero-order valence-corrected chi connectivity index (χ0v) is 16.4. The second-order valence-electron chi connectivity index (χ2n) is 7.19. The van der Waals surface area contributed by atoms with Crippen molar-refractivity contribution >= 4 is 10.0 Å². The predicted molar refractivity (Wildman–Crippen MR) is 108 cm³/mol. The molecule has 3 aromatic rings. The summed E-state index contributed by atoms with van der Waals surface area (Å²) in [6, 6.07) is 23.2. The Morgan fingerprint density at radius 2 is 1.41 bits per heavy atom. The molecule has 0 aliphatic carbocycles. The summed E-state index contributed by atoms with van der Waals surface area (Å²) < 4.78 is 28.6. The average molecular weight is 378 g/mol. The summed E-state index contributed by atoms with van der Waals surface area (Å²) in [5.74, 6) is 0. The quantitative estimate of drug-likeness (QED) is 0.667. The van der Waals surface area contributed by atoms with Crippen LogP contribution in [0.3, 0.4) is 0 Å². The van der Waals surface area contributed by atoms with E-state index in [-0.39, 0.29) is 6.04 Å². The highest BCUT2D eigenvalue weighted by Gasteiger charge is 2.37. The molecule has 1 atom stereocenters. The van der Waals surface area contributed by atoms with Gasteiger partial charge in [0.05, 0.1) is 10.9 Å². The molecule has 1 aliphatic heterocycles. The summed E-state index contributed by atoms with van der Waals surface area (Å²) in [5, 5.41) is 0. The van der Waals surface area contributed by atoms with Gasteiger partial charge in [0.1, 0.15) is 0 Å². The lowest BCUT2D eigenvalue weighted by Gasteiger charge is -2.36.